The molecule has 0 aliphatic rings. The Morgan fingerprint density at radius 2 is 2.12 bits per heavy atom. The quantitative estimate of drug-likeness (QED) is 0.663. The average molecular weight is 370 g/mol. The topological polar surface area (TPSA) is 52.8 Å². The molecule has 0 aliphatic heterocycles. The van der Waals surface area contributed by atoms with Crippen LogP contribution in [0.25, 0.3) is 10.2 Å². The van der Waals surface area contributed by atoms with Gasteiger partial charge in [-0.3, -0.25) is 4.79 Å². The molecule has 132 valence electrons. The molecular weight excluding hydrogens is 355 g/mol. The van der Waals surface area contributed by atoms with Gasteiger partial charge in [0.05, 0.1) is 36.5 Å². The maximum atomic E-state index is 13.5. The van der Waals surface area contributed by atoms with Crippen LogP contribution in [0.5, 0.6) is 11.5 Å². The molecule has 0 fully saturated rings. The number of hydrogen-bond donors (Lipinski definition) is 0. The van der Waals surface area contributed by atoms with Gasteiger partial charge >= 0.3 is 0 Å². The predicted molar refractivity (Wildman–Crippen MR) is 98.0 cm³/mol. The van der Waals surface area contributed by atoms with Crippen LogP contribution in [0.2, 0.25) is 0 Å². The van der Waals surface area contributed by atoms with Gasteiger partial charge in [0.2, 0.25) is 0 Å². The highest BCUT2D eigenvalue weighted by atomic mass is 32.1. The van der Waals surface area contributed by atoms with Crippen molar-refractivity contribution in [3.63, 3.8) is 0 Å². The molecule has 1 amide bonds. The Morgan fingerprint density at radius 1 is 1.31 bits per heavy atom. The van der Waals surface area contributed by atoms with Gasteiger partial charge in [-0.05, 0) is 30.3 Å². The average Bonchev–Trinajstić information content (AvgIpc) is 2.97. The molecule has 0 bridgehead atoms. The highest BCUT2D eigenvalue weighted by molar-refractivity contribution is 7.16. The third-order valence-corrected chi connectivity index (χ3v) is 4.77. The van der Waals surface area contributed by atoms with Gasteiger partial charge in [0, 0.05) is 0 Å². The maximum Gasteiger partial charge on any atom is 0.283 e. The number of aromatic nitrogens is 1. The number of nitrogens with zero attached hydrogens (tertiary/aromatic N) is 2. The number of ether oxygens (including phenoxy) is 2. The molecule has 5 nitrogen and oxygen atoms in total. The smallest absolute Gasteiger partial charge is 0.283 e. The van der Waals surface area contributed by atoms with E-state index in [1.54, 1.807) is 28.8 Å². The van der Waals surface area contributed by atoms with Crippen molar-refractivity contribution < 1.29 is 18.7 Å². The molecule has 0 saturated carbocycles. The van der Waals surface area contributed by atoms with E-state index in [9.17, 15) is 9.18 Å². The summed E-state index contributed by atoms with van der Waals surface area (Å²) in [6.07, 6.45) is 5.43. The van der Waals surface area contributed by atoms with Crippen molar-refractivity contribution >= 4 is 27.5 Å². The van der Waals surface area contributed by atoms with Gasteiger partial charge in [-0.2, -0.15) is 4.99 Å². The number of rotatable bonds is 4. The van der Waals surface area contributed by atoms with E-state index in [2.05, 4.69) is 10.9 Å². The highest BCUT2D eigenvalue weighted by Gasteiger charge is 2.16. The molecule has 0 unspecified atom stereocenters. The van der Waals surface area contributed by atoms with Gasteiger partial charge < -0.3 is 14.0 Å². The number of hydrogen-bond acceptors (Lipinski definition) is 4. The predicted octanol–water partition coefficient (Wildman–Crippen LogP) is 3.23. The zero-order valence-electron chi connectivity index (χ0n) is 14.2. The van der Waals surface area contributed by atoms with Crippen LogP contribution < -0.4 is 14.3 Å². The Kier molecular flexibility index (Phi) is 5.05. The van der Waals surface area contributed by atoms with Crippen LogP contribution in [0.4, 0.5) is 4.39 Å². The summed E-state index contributed by atoms with van der Waals surface area (Å²) >= 11 is 1.19. The first-order valence-electron chi connectivity index (χ1n) is 7.61. The lowest BCUT2D eigenvalue weighted by molar-refractivity contribution is 0.0994. The van der Waals surface area contributed by atoms with Gasteiger partial charge in [-0.1, -0.05) is 23.3 Å². The number of carbonyl (C=O) groups is 1. The van der Waals surface area contributed by atoms with Crippen LogP contribution in [-0.2, 0) is 6.54 Å². The van der Waals surface area contributed by atoms with Crippen molar-refractivity contribution in [1.82, 2.24) is 4.57 Å². The van der Waals surface area contributed by atoms with Crippen LogP contribution in [-0.4, -0.2) is 24.7 Å². The molecule has 0 spiro atoms. The zero-order valence-corrected chi connectivity index (χ0v) is 15.0. The second-order valence-corrected chi connectivity index (χ2v) is 6.25. The third kappa shape index (κ3) is 3.19. The number of thiazole rings is 1. The summed E-state index contributed by atoms with van der Waals surface area (Å²) in [5, 5.41) is 0. The Balaban J connectivity index is 2.18. The van der Waals surface area contributed by atoms with Crippen LogP contribution in [0.1, 0.15) is 10.4 Å². The van der Waals surface area contributed by atoms with Crippen LogP contribution in [0.15, 0.2) is 41.4 Å². The molecule has 0 atom stereocenters. The summed E-state index contributed by atoms with van der Waals surface area (Å²) in [6, 6.07) is 9.33. The Bertz CT molecular complexity index is 1090. The summed E-state index contributed by atoms with van der Waals surface area (Å²) in [5.74, 6) is 2.41. The van der Waals surface area contributed by atoms with E-state index < -0.39 is 5.91 Å². The van der Waals surface area contributed by atoms with E-state index in [1.165, 1.54) is 37.7 Å². The molecule has 7 heteroatoms. The molecule has 0 radical (unpaired) electrons. The van der Waals surface area contributed by atoms with Gasteiger partial charge in [-0.25, -0.2) is 4.39 Å². The molecule has 3 rings (SSSR count). The van der Waals surface area contributed by atoms with Crippen molar-refractivity contribution in [2.45, 2.75) is 6.54 Å². The number of para-hydroxylation sites is 1. The van der Waals surface area contributed by atoms with Gasteiger partial charge in [-0.15, -0.1) is 6.42 Å². The minimum absolute atomic E-state index is 0.215. The lowest BCUT2D eigenvalue weighted by Crippen LogP contribution is -2.16. The minimum atomic E-state index is -0.501. The Hall–Kier alpha value is -3.11. The second-order valence-electron chi connectivity index (χ2n) is 5.24. The van der Waals surface area contributed by atoms with E-state index in [0.29, 0.717) is 21.0 Å². The van der Waals surface area contributed by atoms with Crippen molar-refractivity contribution in [3.05, 3.63) is 52.6 Å². The number of fused-ring (bicyclic) bond motifs is 1. The zero-order chi connectivity index (χ0) is 18.7. The van der Waals surface area contributed by atoms with E-state index >= 15 is 0 Å². The fourth-order valence-electron chi connectivity index (χ4n) is 2.58. The number of halogens is 1. The number of methoxy groups -OCH3 is 2. The second kappa shape index (κ2) is 7.42. The largest absolute Gasteiger partial charge is 0.493 e. The van der Waals surface area contributed by atoms with Crippen molar-refractivity contribution in [1.29, 1.82) is 0 Å². The fourth-order valence-corrected chi connectivity index (χ4v) is 3.63. The van der Waals surface area contributed by atoms with E-state index in [4.69, 9.17) is 15.9 Å². The van der Waals surface area contributed by atoms with E-state index in [0.717, 1.165) is 5.52 Å². The first-order chi connectivity index (χ1) is 12.6. The monoisotopic (exact) mass is 370 g/mol. The first-order valence-corrected chi connectivity index (χ1v) is 8.43. The molecule has 26 heavy (non-hydrogen) atoms. The molecule has 1 aromatic heterocycles. The van der Waals surface area contributed by atoms with Crippen LogP contribution >= 0.6 is 11.3 Å². The molecule has 1 heterocycles. The lowest BCUT2D eigenvalue weighted by Gasteiger charge is -2.09. The van der Waals surface area contributed by atoms with Crippen molar-refractivity contribution in [2.24, 2.45) is 4.99 Å². The van der Waals surface area contributed by atoms with Gasteiger partial charge in [0.15, 0.2) is 16.3 Å². The van der Waals surface area contributed by atoms with Crippen molar-refractivity contribution in [2.75, 3.05) is 14.2 Å². The number of carbonyl (C=O) groups excluding carboxylic acids is 1. The fraction of sp³-hybridized carbons (Fsp3) is 0.158. The Labute approximate surface area is 153 Å². The van der Waals surface area contributed by atoms with E-state index in [1.807, 2.05) is 0 Å². The number of terminal acetylenes is 1. The summed E-state index contributed by atoms with van der Waals surface area (Å²) < 4.78 is 26.4. The molecule has 0 saturated heterocycles. The summed E-state index contributed by atoms with van der Waals surface area (Å²) in [7, 11) is 2.94. The van der Waals surface area contributed by atoms with E-state index in [-0.39, 0.29) is 17.9 Å². The van der Waals surface area contributed by atoms with Gasteiger partial charge in [0.1, 0.15) is 5.82 Å². The SMILES string of the molecule is C#CCn1c(=NC(=O)c2cccc(OC)c2OC)sc2cc(F)ccc21. The highest BCUT2D eigenvalue weighted by Crippen LogP contribution is 2.31. The molecule has 2 aromatic carbocycles. The molecular formula is C19H15FN2O3S. The molecule has 3 aromatic rings. The Morgan fingerprint density at radius 3 is 2.81 bits per heavy atom. The summed E-state index contributed by atoms with van der Waals surface area (Å²) in [4.78, 5) is 17.3. The van der Waals surface area contributed by atoms with Crippen LogP contribution in [0, 0.1) is 18.2 Å². The summed E-state index contributed by atoms with van der Waals surface area (Å²) in [6.45, 7) is 0.215. The number of amides is 1. The molecule has 0 N–H and O–H groups in total. The first kappa shape index (κ1) is 17.7. The summed E-state index contributed by atoms with van der Waals surface area (Å²) in [5.41, 5.74) is 0.987. The van der Waals surface area contributed by atoms with Gasteiger partial charge in [0.25, 0.3) is 5.91 Å². The van der Waals surface area contributed by atoms with Crippen LogP contribution in [0.3, 0.4) is 0 Å². The maximum absolute atomic E-state index is 13.5. The third-order valence-electron chi connectivity index (χ3n) is 3.72. The normalized spacial score (nSPS) is 11.4. The lowest BCUT2D eigenvalue weighted by atomic mass is 10.2. The molecule has 0 aliphatic carbocycles. The minimum Gasteiger partial charge on any atom is -0.493 e. The van der Waals surface area contributed by atoms with Crippen molar-refractivity contribution in [3.8, 4) is 23.8 Å². The number of benzene rings is 2. The standard InChI is InChI=1S/C19H15FN2O3S/c1-4-10-22-14-9-8-12(20)11-16(14)26-19(22)21-18(23)13-6-5-7-15(24-2)17(13)25-3/h1,5-9,11H,10H2,2-3H3.